The van der Waals surface area contributed by atoms with E-state index in [-0.39, 0.29) is 18.2 Å². The van der Waals surface area contributed by atoms with Crippen molar-refractivity contribution in [3.63, 3.8) is 0 Å². The van der Waals surface area contributed by atoms with Crippen molar-refractivity contribution in [2.75, 3.05) is 43.4 Å². The number of nitrogens with one attached hydrogen (secondary N) is 2. The number of sulfonamides is 1. The Bertz CT molecular complexity index is 1110. The van der Waals surface area contributed by atoms with Gasteiger partial charge in [0.1, 0.15) is 0 Å². The van der Waals surface area contributed by atoms with Crippen LogP contribution in [0.15, 0.2) is 42.7 Å². The van der Waals surface area contributed by atoms with Crippen LogP contribution in [0.2, 0.25) is 0 Å². The number of benzene rings is 1. The molecule has 0 bridgehead atoms. The quantitative estimate of drug-likeness (QED) is 0.528. The van der Waals surface area contributed by atoms with Crippen molar-refractivity contribution >= 4 is 32.8 Å². The lowest BCUT2D eigenvalue weighted by atomic mass is 10.2. The molecule has 3 heterocycles. The first kappa shape index (κ1) is 20.2. The van der Waals surface area contributed by atoms with Crippen LogP contribution in [0.1, 0.15) is 16.9 Å². The van der Waals surface area contributed by atoms with Crippen molar-refractivity contribution in [2.45, 2.75) is 6.42 Å². The molecule has 4 rings (SSSR count). The molecule has 0 atom stereocenters. The molecule has 158 valence electrons. The summed E-state index contributed by atoms with van der Waals surface area (Å²) >= 11 is 0. The van der Waals surface area contributed by atoms with Gasteiger partial charge in [-0.1, -0.05) is 18.2 Å². The van der Waals surface area contributed by atoms with Gasteiger partial charge in [0.15, 0.2) is 5.69 Å². The van der Waals surface area contributed by atoms with Crippen LogP contribution < -0.4 is 10.2 Å². The van der Waals surface area contributed by atoms with E-state index in [0.717, 1.165) is 10.9 Å². The second-order valence-electron chi connectivity index (χ2n) is 6.98. The number of carbonyl (C=O) groups is 1. The number of rotatable bonds is 7. The van der Waals surface area contributed by atoms with Gasteiger partial charge >= 0.3 is 0 Å². The number of amides is 1. The first-order chi connectivity index (χ1) is 14.5. The topological polar surface area (TPSA) is 124 Å². The highest BCUT2D eigenvalue weighted by Gasteiger charge is 2.27. The number of hydrogen-bond donors (Lipinski definition) is 2. The van der Waals surface area contributed by atoms with E-state index in [1.165, 1.54) is 4.31 Å². The van der Waals surface area contributed by atoms with E-state index in [2.05, 4.69) is 25.5 Å². The van der Waals surface area contributed by atoms with Gasteiger partial charge < -0.3 is 10.2 Å². The van der Waals surface area contributed by atoms with Gasteiger partial charge in [-0.25, -0.2) is 18.4 Å². The highest BCUT2D eigenvalue weighted by atomic mass is 32.2. The van der Waals surface area contributed by atoms with E-state index in [1.54, 1.807) is 18.5 Å². The lowest BCUT2D eigenvalue weighted by Gasteiger charge is -2.33. The molecular weight excluding hydrogens is 406 g/mol. The number of aromatic nitrogens is 4. The van der Waals surface area contributed by atoms with Gasteiger partial charge in [-0.2, -0.15) is 9.40 Å². The number of anilines is 1. The van der Waals surface area contributed by atoms with E-state index in [0.29, 0.717) is 44.2 Å². The summed E-state index contributed by atoms with van der Waals surface area (Å²) in [6, 6.07) is 9.11. The maximum Gasteiger partial charge on any atom is 0.272 e. The number of piperazine rings is 1. The normalized spacial score (nSPS) is 15.4. The minimum atomic E-state index is -3.38. The van der Waals surface area contributed by atoms with E-state index < -0.39 is 10.0 Å². The highest BCUT2D eigenvalue weighted by molar-refractivity contribution is 7.89. The molecule has 1 saturated heterocycles. The van der Waals surface area contributed by atoms with Gasteiger partial charge in [0, 0.05) is 50.5 Å². The Balaban J connectivity index is 1.24. The van der Waals surface area contributed by atoms with Crippen LogP contribution >= 0.6 is 0 Å². The van der Waals surface area contributed by atoms with E-state index in [9.17, 15) is 13.2 Å². The Morgan fingerprint density at radius 2 is 1.80 bits per heavy atom. The number of aromatic amines is 1. The van der Waals surface area contributed by atoms with Gasteiger partial charge in [-0.3, -0.25) is 9.89 Å². The molecule has 1 fully saturated rings. The maximum atomic E-state index is 12.6. The van der Waals surface area contributed by atoms with Crippen molar-refractivity contribution in [2.24, 2.45) is 0 Å². The predicted molar refractivity (Wildman–Crippen MR) is 113 cm³/mol. The molecule has 0 saturated carbocycles. The Morgan fingerprint density at radius 1 is 1.07 bits per heavy atom. The molecule has 11 heteroatoms. The Labute approximate surface area is 174 Å². The van der Waals surface area contributed by atoms with Crippen LogP contribution in [0.25, 0.3) is 10.9 Å². The Morgan fingerprint density at radius 3 is 2.57 bits per heavy atom. The second-order valence-corrected chi connectivity index (χ2v) is 9.07. The van der Waals surface area contributed by atoms with Crippen molar-refractivity contribution in [1.29, 1.82) is 0 Å². The fraction of sp³-hybridized carbons (Fsp3) is 0.368. The summed E-state index contributed by atoms with van der Waals surface area (Å²) in [6.07, 6.45) is 3.68. The molecule has 1 amide bonds. The average molecular weight is 430 g/mol. The summed E-state index contributed by atoms with van der Waals surface area (Å²) in [6.45, 7) is 2.15. The molecule has 1 aromatic carbocycles. The molecule has 0 unspecified atom stereocenters. The van der Waals surface area contributed by atoms with Gasteiger partial charge in [0.25, 0.3) is 5.91 Å². The van der Waals surface area contributed by atoms with Crippen molar-refractivity contribution in [3.8, 4) is 0 Å². The van der Waals surface area contributed by atoms with E-state index >= 15 is 0 Å². The fourth-order valence-corrected chi connectivity index (χ4v) is 4.91. The molecule has 10 nitrogen and oxygen atoms in total. The number of nitrogens with zero attached hydrogens (tertiary/aromatic N) is 5. The van der Waals surface area contributed by atoms with Gasteiger partial charge in [-0.15, -0.1) is 0 Å². The van der Waals surface area contributed by atoms with Crippen LogP contribution in [0.5, 0.6) is 0 Å². The molecule has 3 aromatic rings. The number of fused-ring (bicyclic) bond motifs is 1. The van der Waals surface area contributed by atoms with Gasteiger partial charge in [0.05, 0.1) is 11.3 Å². The fourth-order valence-electron chi connectivity index (χ4n) is 3.43. The number of hydrogen-bond acceptors (Lipinski definition) is 7. The van der Waals surface area contributed by atoms with Gasteiger partial charge in [0.2, 0.25) is 16.0 Å². The molecule has 1 aliphatic heterocycles. The lowest BCUT2D eigenvalue weighted by molar-refractivity contribution is 0.0950. The summed E-state index contributed by atoms with van der Waals surface area (Å²) in [7, 11) is -3.38. The standard InChI is InChI=1S/C19H23N7O3S/c27-18(17-15-5-1-2-6-16(15)23-24-17)20-9-4-14-30(28,29)26-12-10-25(11-13-26)19-21-7-3-8-22-19/h1-3,5-8H,4,9-14H2,(H,20,27)(H,23,24). The zero-order valence-corrected chi connectivity index (χ0v) is 17.2. The third-order valence-corrected chi connectivity index (χ3v) is 6.97. The number of carbonyl (C=O) groups excluding carboxylic acids is 1. The number of para-hydroxylation sites is 1. The smallest absolute Gasteiger partial charge is 0.272 e. The van der Waals surface area contributed by atoms with Crippen LogP contribution in [0, 0.1) is 0 Å². The molecule has 0 aliphatic carbocycles. The van der Waals surface area contributed by atoms with Crippen molar-refractivity contribution < 1.29 is 13.2 Å². The minimum absolute atomic E-state index is 0.0174. The van der Waals surface area contributed by atoms with Crippen LogP contribution in [-0.2, 0) is 10.0 Å². The zero-order valence-electron chi connectivity index (χ0n) is 16.4. The van der Waals surface area contributed by atoms with Gasteiger partial charge in [-0.05, 0) is 18.6 Å². The van der Waals surface area contributed by atoms with E-state index in [1.807, 2.05) is 29.2 Å². The molecule has 0 spiro atoms. The average Bonchev–Trinajstić information content (AvgIpc) is 3.22. The second kappa shape index (κ2) is 8.76. The number of H-pyrrole nitrogens is 1. The van der Waals surface area contributed by atoms with Crippen LogP contribution in [0.4, 0.5) is 5.95 Å². The summed E-state index contributed by atoms with van der Waals surface area (Å²) in [5, 5.41) is 10.4. The lowest BCUT2D eigenvalue weighted by Crippen LogP contribution is -2.49. The maximum absolute atomic E-state index is 12.6. The van der Waals surface area contributed by atoms with E-state index in [4.69, 9.17) is 0 Å². The SMILES string of the molecule is O=C(NCCCS(=O)(=O)N1CCN(c2ncccn2)CC1)c1n[nH]c2ccccc12. The third-order valence-electron chi connectivity index (χ3n) is 5.02. The zero-order chi connectivity index (χ0) is 21.0. The Hall–Kier alpha value is -3.05. The highest BCUT2D eigenvalue weighted by Crippen LogP contribution is 2.15. The summed E-state index contributed by atoms with van der Waals surface area (Å²) in [4.78, 5) is 22.7. The molecule has 30 heavy (non-hydrogen) atoms. The molecular formula is C19H23N7O3S. The summed E-state index contributed by atoms with van der Waals surface area (Å²) in [5.74, 6) is 0.278. The summed E-state index contributed by atoms with van der Waals surface area (Å²) in [5.41, 5.74) is 1.10. The largest absolute Gasteiger partial charge is 0.351 e. The minimum Gasteiger partial charge on any atom is -0.351 e. The first-order valence-electron chi connectivity index (χ1n) is 9.76. The molecule has 2 N–H and O–H groups in total. The first-order valence-corrected chi connectivity index (χ1v) is 11.4. The molecule has 2 aromatic heterocycles. The monoisotopic (exact) mass is 429 g/mol. The summed E-state index contributed by atoms with van der Waals surface area (Å²) < 4.78 is 26.7. The predicted octanol–water partition coefficient (Wildman–Crippen LogP) is 0.625. The van der Waals surface area contributed by atoms with Crippen molar-refractivity contribution in [3.05, 3.63) is 48.4 Å². The molecule has 0 radical (unpaired) electrons. The van der Waals surface area contributed by atoms with Crippen molar-refractivity contribution in [1.82, 2.24) is 29.8 Å². The Kier molecular flexibility index (Phi) is 5.91. The third kappa shape index (κ3) is 4.41. The van der Waals surface area contributed by atoms with Crippen LogP contribution in [0.3, 0.4) is 0 Å². The molecule has 1 aliphatic rings. The van der Waals surface area contributed by atoms with Crippen LogP contribution in [-0.4, -0.2) is 77.3 Å².